The number of dihydropyridines is 1. The number of pyridine rings is 1. The minimum atomic E-state index is 0.379. The molecule has 9 nitrogen and oxygen atoms in total. The first-order valence-corrected chi connectivity index (χ1v) is 20.7. The fraction of sp³-hybridized carbons (Fsp3) is 0.438. The molecule has 1 aromatic heterocycles. The number of nitrogens with one attached hydrogen (secondary N) is 1. The van der Waals surface area contributed by atoms with E-state index in [1.54, 1.807) is 35.5 Å². The fourth-order valence-electron chi connectivity index (χ4n) is 8.39. The summed E-state index contributed by atoms with van der Waals surface area (Å²) < 4.78 is 28.8. The molecule has 9 heteroatoms. The second-order valence-corrected chi connectivity index (χ2v) is 15.3. The molecule has 1 N–H and O–H groups in total. The minimum Gasteiger partial charge on any atom is -0.497 e. The Morgan fingerprint density at radius 1 is 0.719 bits per heavy atom. The maximum atomic E-state index is 5.79. The highest BCUT2D eigenvalue weighted by molar-refractivity contribution is 5.78. The Hall–Kier alpha value is -5.15. The molecule has 1 saturated heterocycles. The number of nitrogens with zero attached hydrogens (tertiary/aromatic N) is 3. The number of allylic oxidation sites excluding steroid dienone is 2. The van der Waals surface area contributed by atoms with Crippen molar-refractivity contribution in [1.29, 1.82) is 0 Å². The minimum absolute atomic E-state index is 0.379. The summed E-state index contributed by atoms with van der Waals surface area (Å²) in [5.41, 5.74) is 10.6. The van der Waals surface area contributed by atoms with Gasteiger partial charge in [-0.3, -0.25) is 9.88 Å². The van der Waals surface area contributed by atoms with Crippen LogP contribution in [0.1, 0.15) is 86.5 Å². The molecule has 3 heterocycles. The smallest absolute Gasteiger partial charge is 0.164 e. The third kappa shape index (κ3) is 9.20. The van der Waals surface area contributed by atoms with Crippen molar-refractivity contribution in [3.05, 3.63) is 107 Å². The second kappa shape index (κ2) is 18.4. The maximum Gasteiger partial charge on any atom is 0.164 e. The molecule has 57 heavy (non-hydrogen) atoms. The first-order valence-electron chi connectivity index (χ1n) is 20.7. The number of likely N-dealkylation sites (tertiary alicyclic amines) is 1. The monoisotopic (exact) mass is 772 g/mol. The van der Waals surface area contributed by atoms with E-state index < -0.39 is 0 Å². The summed E-state index contributed by atoms with van der Waals surface area (Å²) in [5, 5.41) is 3.56. The fourth-order valence-corrected chi connectivity index (χ4v) is 8.39. The lowest BCUT2D eigenvalue weighted by molar-refractivity contribution is 0.222. The van der Waals surface area contributed by atoms with E-state index in [4.69, 9.17) is 28.7 Å². The Balaban J connectivity index is 0.00000244. The van der Waals surface area contributed by atoms with Gasteiger partial charge in [0.1, 0.15) is 5.75 Å². The number of rotatable bonds is 15. The first kappa shape index (κ1) is 40.1. The maximum absolute atomic E-state index is 5.79. The van der Waals surface area contributed by atoms with Gasteiger partial charge in [0.2, 0.25) is 0 Å². The van der Waals surface area contributed by atoms with Gasteiger partial charge in [-0.05, 0) is 121 Å². The van der Waals surface area contributed by atoms with Gasteiger partial charge >= 0.3 is 0 Å². The van der Waals surface area contributed by atoms with Crippen LogP contribution in [0.5, 0.6) is 28.7 Å². The summed E-state index contributed by atoms with van der Waals surface area (Å²) in [4.78, 5) is 10.0. The zero-order chi connectivity index (χ0) is 39.9. The molecule has 0 unspecified atom stereocenters. The summed E-state index contributed by atoms with van der Waals surface area (Å²) in [6, 6.07) is 22.0. The molecule has 8 rings (SSSR count). The third-order valence-electron chi connectivity index (χ3n) is 11.6. The van der Waals surface area contributed by atoms with Gasteiger partial charge in [-0.15, -0.1) is 0 Å². The molecular weight excluding hydrogens is 713 g/mol. The first-order chi connectivity index (χ1) is 28.0. The van der Waals surface area contributed by atoms with E-state index in [2.05, 4.69) is 82.0 Å². The number of methoxy groups -OCH3 is 5. The van der Waals surface area contributed by atoms with Crippen molar-refractivity contribution in [2.24, 2.45) is 0 Å². The van der Waals surface area contributed by atoms with Crippen LogP contribution in [-0.2, 0) is 6.54 Å². The van der Waals surface area contributed by atoms with Crippen molar-refractivity contribution < 1.29 is 23.7 Å². The van der Waals surface area contributed by atoms with Crippen molar-refractivity contribution in [2.75, 3.05) is 66.6 Å². The molecule has 0 amide bonds. The summed E-state index contributed by atoms with van der Waals surface area (Å²) in [7, 11) is 8.64. The van der Waals surface area contributed by atoms with Crippen molar-refractivity contribution in [2.45, 2.75) is 76.8 Å². The predicted molar refractivity (Wildman–Crippen MR) is 230 cm³/mol. The molecular formula is C48H60N4O5. The highest BCUT2D eigenvalue weighted by atomic mass is 16.5. The molecule has 2 saturated carbocycles. The van der Waals surface area contributed by atoms with E-state index in [9.17, 15) is 0 Å². The van der Waals surface area contributed by atoms with Crippen LogP contribution in [0.15, 0.2) is 84.7 Å². The number of hydrogen-bond acceptors (Lipinski definition) is 9. The van der Waals surface area contributed by atoms with Crippen LogP contribution in [0.25, 0.3) is 16.8 Å². The van der Waals surface area contributed by atoms with E-state index in [0.717, 1.165) is 85.6 Å². The van der Waals surface area contributed by atoms with Gasteiger partial charge in [0, 0.05) is 79.6 Å². The number of benzene rings is 3. The third-order valence-corrected chi connectivity index (χ3v) is 11.6. The van der Waals surface area contributed by atoms with Crippen molar-refractivity contribution >= 4 is 11.3 Å². The number of piperidine rings is 1. The summed E-state index contributed by atoms with van der Waals surface area (Å²) >= 11 is 0. The van der Waals surface area contributed by atoms with Crippen molar-refractivity contribution in [1.82, 2.24) is 15.2 Å². The molecule has 2 aliphatic heterocycles. The summed E-state index contributed by atoms with van der Waals surface area (Å²) in [6.07, 6.45) is 13.4. The SMILES string of the molecule is CC.COc1cccc(N(Cc2ccnc(-c3cc(OC)c(OC)c(C4CC4)c3)c2)C2CCN(CC3=CC(c4cc(OC)c(OC)c(C5CC5)c4)=CNC3)CC2)c1. The van der Waals surface area contributed by atoms with Crippen LogP contribution in [0, 0.1) is 0 Å². The summed E-state index contributed by atoms with van der Waals surface area (Å²) in [6.45, 7) is 8.63. The lowest BCUT2D eigenvalue weighted by Gasteiger charge is -2.40. The van der Waals surface area contributed by atoms with Gasteiger partial charge in [-0.2, -0.15) is 0 Å². The Morgan fingerprint density at radius 2 is 1.37 bits per heavy atom. The van der Waals surface area contributed by atoms with E-state index in [-0.39, 0.29) is 0 Å². The number of hydrogen-bond donors (Lipinski definition) is 1. The summed E-state index contributed by atoms with van der Waals surface area (Å²) in [5.74, 6) is 5.22. The average molecular weight is 773 g/mol. The molecule has 0 spiro atoms. The molecule has 3 fully saturated rings. The quantitative estimate of drug-likeness (QED) is 0.127. The number of ether oxygens (including phenoxy) is 5. The van der Waals surface area contributed by atoms with Gasteiger partial charge < -0.3 is 33.9 Å². The number of anilines is 1. The Bertz CT molecular complexity index is 2060. The van der Waals surface area contributed by atoms with Gasteiger partial charge in [-0.25, -0.2) is 0 Å². The molecule has 4 aliphatic rings. The lowest BCUT2D eigenvalue weighted by Crippen LogP contribution is -2.45. The van der Waals surface area contributed by atoms with Gasteiger partial charge in [0.25, 0.3) is 0 Å². The van der Waals surface area contributed by atoms with Gasteiger partial charge in [-0.1, -0.05) is 26.0 Å². The van der Waals surface area contributed by atoms with E-state index in [0.29, 0.717) is 17.9 Å². The molecule has 4 aromatic rings. The highest BCUT2D eigenvalue weighted by Crippen LogP contribution is 2.50. The molecule has 0 atom stereocenters. The molecule has 302 valence electrons. The zero-order valence-electron chi connectivity index (χ0n) is 34.9. The molecule has 0 bridgehead atoms. The Kier molecular flexibility index (Phi) is 12.9. The highest BCUT2D eigenvalue weighted by Gasteiger charge is 2.31. The van der Waals surface area contributed by atoms with Crippen LogP contribution >= 0.6 is 0 Å². The average Bonchev–Trinajstić information content (AvgIpc) is 4.21. The Labute approximate surface area is 339 Å². The Morgan fingerprint density at radius 3 is 1.98 bits per heavy atom. The van der Waals surface area contributed by atoms with Crippen molar-refractivity contribution in [3.63, 3.8) is 0 Å². The van der Waals surface area contributed by atoms with Crippen LogP contribution < -0.4 is 33.9 Å². The van der Waals surface area contributed by atoms with Gasteiger partial charge in [0.05, 0.1) is 41.2 Å². The van der Waals surface area contributed by atoms with E-state index in [1.165, 1.54) is 64.8 Å². The van der Waals surface area contributed by atoms with E-state index >= 15 is 0 Å². The second-order valence-electron chi connectivity index (χ2n) is 15.3. The molecule has 0 radical (unpaired) electrons. The molecule has 3 aromatic carbocycles. The standard InChI is InChI=1S/C46H54N4O5.C2H6/c1-51-39-8-6-7-38(25-39)50(29-30-13-16-48-42(20-30)35-22-41(33-11-12-33)46(55-5)44(24-35)53-3)37-14-17-49(18-15-37)28-31-19-36(27-47-26-31)34-21-40(32-9-10-32)45(54-4)43(23-34)52-2;1-2/h6-8,13,16,19-25,27,32-33,37,47H,9-12,14-15,17-18,26,28-29H2,1-5H3;1-2H3. The van der Waals surface area contributed by atoms with Crippen LogP contribution in [-0.4, -0.2) is 77.7 Å². The number of aromatic nitrogens is 1. The van der Waals surface area contributed by atoms with Crippen LogP contribution in [0.4, 0.5) is 5.69 Å². The van der Waals surface area contributed by atoms with Crippen molar-refractivity contribution in [3.8, 4) is 40.0 Å². The lowest BCUT2D eigenvalue weighted by atomic mass is 9.96. The van der Waals surface area contributed by atoms with Crippen LogP contribution in [0.3, 0.4) is 0 Å². The van der Waals surface area contributed by atoms with Crippen LogP contribution in [0.2, 0.25) is 0 Å². The normalized spacial score (nSPS) is 17.0. The predicted octanol–water partition coefficient (Wildman–Crippen LogP) is 9.61. The van der Waals surface area contributed by atoms with Gasteiger partial charge in [0.15, 0.2) is 23.0 Å². The van der Waals surface area contributed by atoms with E-state index in [1.807, 2.05) is 26.1 Å². The zero-order valence-corrected chi connectivity index (χ0v) is 34.9. The topological polar surface area (TPSA) is 77.6 Å². The largest absolute Gasteiger partial charge is 0.497 e. The molecule has 2 aliphatic carbocycles.